The fourth-order valence-electron chi connectivity index (χ4n) is 1.80. The highest BCUT2D eigenvalue weighted by Gasteiger charge is 2.07. The lowest BCUT2D eigenvalue weighted by Crippen LogP contribution is -2.24. The predicted molar refractivity (Wildman–Crippen MR) is 78.9 cm³/mol. The fraction of sp³-hybridized carbons (Fsp3) is 0.125. The molecule has 112 valence electrons. The zero-order valence-electron chi connectivity index (χ0n) is 11.7. The second-order valence-electron chi connectivity index (χ2n) is 4.48. The first kappa shape index (κ1) is 15.4. The second kappa shape index (κ2) is 7.68. The standard InChI is InChI=1S/C16H15N3O3/c20-15(21)9-8-14(12-5-2-1-3-6-12)18-19-16(22)13-7-4-10-17-11-13/h1-7,10-11H,8-9H2,(H,19,22)(H,20,21)/p-1/b18-14-. The Morgan fingerprint density at radius 2 is 1.77 bits per heavy atom. The molecule has 0 aliphatic carbocycles. The molecule has 0 aliphatic rings. The largest absolute Gasteiger partial charge is 0.550 e. The summed E-state index contributed by atoms with van der Waals surface area (Å²) in [7, 11) is 0. The van der Waals surface area contributed by atoms with Gasteiger partial charge >= 0.3 is 0 Å². The molecule has 1 aromatic heterocycles. The van der Waals surface area contributed by atoms with E-state index in [2.05, 4.69) is 15.5 Å². The Morgan fingerprint density at radius 1 is 1.05 bits per heavy atom. The van der Waals surface area contributed by atoms with Crippen molar-refractivity contribution in [3.8, 4) is 0 Å². The van der Waals surface area contributed by atoms with Gasteiger partial charge < -0.3 is 9.90 Å². The Hall–Kier alpha value is -3.02. The first-order valence-electron chi connectivity index (χ1n) is 6.69. The van der Waals surface area contributed by atoms with Crippen LogP contribution in [0.1, 0.15) is 28.8 Å². The summed E-state index contributed by atoms with van der Waals surface area (Å²) in [5.41, 5.74) is 4.01. The van der Waals surface area contributed by atoms with Crippen molar-refractivity contribution in [2.24, 2.45) is 5.10 Å². The second-order valence-corrected chi connectivity index (χ2v) is 4.48. The van der Waals surface area contributed by atoms with E-state index in [-0.39, 0.29) is 12.8 Å². The molecule has 2 aromatic rings. The highest BCUT2D eigenvalue weighted by molar-refractivity contribution is 6.03. The number of carbonyl (C=O) groups excluding carboxylic acids is 2. The number of rotatable bonds is 6. The molecule has 1 aromatic carbocycles. The number of hydrogen-bond acceptors (Lipinski definition) is 5. The number of amides is 1. The Morgan fingerprint density at radius 3 is 2.41 bits per heavy atom. The van der Waals surface area contributed by atoms with Crippen LogP contribution in [-0.2, 0) is 4.79 Å². The maximum absolute atomic E-state index is 11.9. The average Bonchev–Trinajstić information content (AvgIpc) is 2.56. The average molecular weight is 296 g/mol. The number of carbonyl (C=O) groups is 2. The Labute approximate surface area is 127 Å². The van der Waals surface area contributed by atoms with Gasteiger partial charge in [-0.2, -0.15) is 5.10 Å². The van der Waals surface area contributed by atoms with Crippen LogP contribution in [-0.4, -0.2) is 22.6 Å². The Balaban J connectivity index is 2.14. The summed E-state index contributed by atoms with van der Waals surface area (Å²) in [6.07, 6.45) is 2.99. The van der Waals surface area contributed by atoms with E-state index in [1.165, 1.54) is 6.20 Å². The number of hydrazone groups is 1. The molecule has 0 atom stereocenters. The molecule has 1 heterocycles. The first-order valence-corrected chi connectivity index (χ1v) is 6.69. The van der Waals surface area contributed by atoms with Crippen LogP contribution in [0.3, 0.4) is 0 Å². The van der Waals surface area contributed by atoms with Crippen LogP contribution < -0.4 is 10.5 Å². The molecule has 6 heteroatoms. The summed E-state index contributed by atoms with van der Waals surface area (Å²) in [6.45, 7) is 0. The van der Waals surface area contributed by atoms with E-state index in [9.17, 15) is 14.7 Å². The zero-order valence-corrected chi connectivity index (χ0v) is 11.7. The van der Waals surface area contributed by atoms with Crippen LogP contribution in [0.4, 0.5) is 0 Å². The van der Waals surface area contributed by atoms with E-state index in [0.29, 0.717) is 11.3 Å². The van der Waals surface area contributed by atoms with Crippen LogP contribution >= 0.6 is 0 Å². The van der Waals surface area contributed by atoms with Gasteiger partial charge in [0.05, 0.1) is 11.3 Å². The van der Waals surface area contributed by atoms with Crippen molar-refractivity contribution >= 4 is 17.6 Å². The minimum Gasteiger partial charge on any atom is -0.550 e. The van der Waals surface area contributed by atoms with E-state index in [1.807, 2.05) is 18.2 Å². The van der Waals surface area contributed by atoms with Gasteiger partial charge in [-0.1, -0.05) is 30.3 Å². The molecule has 0 unspecified atom stereocenters. The zero-order chi connectivity index (χ0) is 15.8. The molecule has 0 fully saturated rings. The van der Waals surface area contributed by atoms with Gasteiger partial charge in [0.2, 0.25) is 0 Å². The summed E-state index contributed by atoms with van der Waals surface area (Å²) in [5.74, 6) is -1.57. The van der Waals surface area contributed by atoms with Crippen molar-refractivity contribution in [3.05, 3.63) is 66.0 Å². The topological polar surface area (TPSA) is 94.5 Å². The summed E-state index contributed by atoms with van der Waals surface area (Å²) in [6, 6.07) is 12.3. The summed E-state index contributed by atoms with van der Waals surface area (Å²) in [4.78, 5) is 26.4. The van der Waals surface area contributed by atoms with Gasteiger partial charge in [-0.15, -0.1) is 0 Å². The smallest absolute Gasteiger partial charge is 0.272 e. The van der Waals surface area contributed by atoms with Gasteiger partial charge in [0.15, 0.2) is 0 Å². The number of nitrogens with one attached hydrogen (secondary N) is 1. The first-order chi connectivity index (χ1) is 10.7. The number of carboxylic acids is 1. The lowest BCUT2D eigenvalue weighted by Gasteiger charge is -2.08. The molecular weight excluding hydrogens is 282 g/mol. The SMILES string of the molecule is O=C([O-])CC/C(=N/NC(=O)c1cccnc1)c1ccccc1. The maximum atomic E-state index is 11.9. The highest BCUT2D eigenvalue weighted by Crippen LogP contribution is 2.06. The maximum Gasteiger partial charge on any atom is 0.272 e. The number of aromatic nitrogens is 1. The molecule has 0 bridgehead atoms. The third kappa shape index (κ3) is 4.52. The van der Waals surface area contributed by atoms with Crippen LogP contribution in [0.15, 0.2) is 60.0 Å². The normalized spacial score (nSPS) is 11.0. The van der Waals surface area contributed by atoms with E-state index in [1.54, 1.807) is 30.5 Å². The van der Waals surface area contributed by atoms with Gasteiger partial charge in [0.1, 0.15) is 0 Å². The van der Waals surface area contributed by atoms with Crippen LogP contribution in [0, 0.1) is 0 Å². The molecule has 2 rings (SSSR count). The van der Waals surface area contributed by atoms with Gasteiger partial charge in [-0.05, 0) is 30.5 Å². The van der Waals surface area contributed by atoms with Crippen molar-refractivity contribution in [2.75, 3.05) is 0 Å². The molecule has 0 saturated carbocycles. The van der Waals surface area contributed by atoms with E-state index in [0.717, 1.165) is 5.56 Å². The molecule has 0 aliphatic heterocycles. The molecule has 0 spiro atoms. The minimum atomic E-state index is -1.16. The van der Waals surface area contributed by atoms with E-state index in [4.69, 9.17) is 0 Å². The third-order valence-corrected chi connectivity index (χ3v) is 2.89. The molecule has 22 heavy (non-hydrogen) atoms. The molecule has 0 radical (unpaired) electrons. The number of hydrogen-bond donors (Lipinski definition) is 1. The van der Waals surface area contributed by atoms with Crippen LogP contribution in [0.2, 0.25) is 0 Å². The van der Waals surface area contributed by atoms with Crippen molar-refractivity contribution < 1.29 is 14.7 Å². The monoisotopic (exact) mass is 296 g/mol. The van der Waals surface area contributed by atoms with Crippen LogP contribution in [0.5, 0.6) is 0 Å². The molecular formula is C16H14N3O3-. The predicted octanol–water partition coefficient (Wildman–Crippen LogP) is 0.746. The number of carboxylic acid groups (broad SMARTS) is 1. The van der Waals surface area contributed by atoms with Gasteiger partial charge in [0, 0.05) is 18.4 Å². The number of aliphatic carboxylic acids is 1. The summed E-state index contributed by atoms with van der Waals surface area (Å²) in [5, 5.41) is 14.7. The number of benzene rings is 1. The molecule has 1 N–H and O–H groups in total. The number of nitrogens with zero attached hydrogens (tertiary/aromatic N) is 2. The third-order valence-electron chi connectivity index (χ3n) is 2.89. The lowest BCUT2D eigenvalue weighted by molar-refractivity contribution is -0.305. The van der Waals surface area contributed by atoms with E-state index < -0.39 is 11.9 Å². The molecule has 6 nitrogen and oxygen atoms in total. The van der Waals surface area contributed by atoms with Crippen molar-refractivity contribution in [3.63, 3.8) is 0 Å². The van der Waals surface area contributed by atoms with Gasteiger partial charge in [-0.25, -0.2) is 5.43 Å². The Bertz CT molecular complexity index is 670. The van der Waals surface area contributed by atoms with Gasteiger partial charge in [-0.3, -0.25) is 9.78 Å². The van der Waals surface area contributed by atoms with Crippen molar-refractivity contribution in [1.29, 1.82) is 0 Å². The van der Waals surface area contributed by atoms with Crippen molar-refractivity contribution in [2.45, 2.75) is 12.8 Å². The fourth-order valence-corrected chi connectivity index (χ4v) is 1.80. The van der Waals surface area contributed by atoms with E-state index >= 15 is 0 Å². The van der Waals surface area contributed by atoms with Gasteiger partial charge in [0.25, 0.3) is 5.91 Å². The lowest BCUT2D eigenvalue weighted by atomic mass is 10.1. The van der Waals surface area contributed by atoms with Crippen LogP contribution in [0.25, 0.3) is 0 Å². The highest BCUT2D eigenvalue weighted by atomic mass is 16.4. The van der Waals surface area contributed by atoms with Crippen molar-refractivity contribution in [1.82, 2.24) is 10.4 Å². The number of pyridine rings is 1. The molecule has 0 saturated heterocycles. The quantitative estimate of drug-likeness (QED) is 0.628. The molecule has 1 amide bonds. The summed E-state index contributed by atoms with van der Waals surface area (Å²) < 4.78 is 0. The Kier molecular flexibility index (Phi) is 5.37. The minimum absolute atomic E-state index is 0.166. The summed E-state index contributed by atoms with van der Waals surface area (Å²) >= 11 is 0.